The second-order valence-corrected chi connectivity index (χ2v) is 4.71. The second kappa shape index (κ2) is 6.65. The summed E-state index contributed by atoms with van der Waals surface area (Å²) >= 11 is 0. The molecular formula is C17H15N3O3. The van der Waals surface area contributed by atoms with Crippen LogP contribution >= 0.6 is 0 Å². The van der Waals surface area contributed by atoms with Gasteiger partial charge in [-0.25, -0.2) is 9.78 Å². The zero-order valence-electron chi connectivity index (χ0n) is 12.4. The van der Waals surface area contributed by atoms with Gasteiger partial charge in [-0.15, -0.1) is 0 Å². The highest BCUT2D eigenvalue weighted by molar-refractivity contribution is 5.84. The Kier molecular flexibility index (Phi) is 4.24. The maximum atomic E-state index is 11.1. The number of aromatic nitrogens is 1. The first-order valence-corrected chi connectivity index (χ1v) is 6.98. The molecule has 116 valence electrons. The number of benzene rings is 2. The molecule has 3 rings (SSSR count). The van der Waals surface area contributed by atoms with Crippen molar-refractivity contribution in [2.24, 2.45) is 0 Å². The molecule has 6 heteroatoms. The van der Waals surface area contributed by atoms with Crippen molar-refractivity contribution in [1.82, 2.24) is 4.98 Å². The molecule has 1 aromatic heterocycles. The van der Waals surface area contributed by atoms with Gasteiger partial charge >= 0.3 is 6.09 Å². The fourth-order valence-electron chi connectivity index (χ4n) is 2.00. The highest BCUT2D eigenvalue weighted by Gasteiger charge is 2.06. The van der Waals surface area contributed by atoms with Gasteiger partial charge in [0.1, 0.15) is 0 Å². The molecule has 3 aromatic rings. The van der Waals surface area contributed by atoms with E-state index in [4.69, 9.17) is 4.42 Å². The molecule has 6 nitrogen and oxygen atoms in total. The monoisotopic (exact) mass is 309 g/mol. The van der Waals surface area contributed by atoms with E-state index in [1.165, 1.54) is 7.11 Å². The van der Waals surface area contributed by atoms with Crippen LogP contribution in [0.5, 0.6) is 0 Å². The molecule has 0 saturated heterocycles. The number of nitrogens with zero attached hydrogens (tertiary/aromatic N) is 1. The minimum absolute atomic E-state index is 0.400. The lowest BCUT2D eigenvalue weighted by atomic mass is 10.2. The molecular weight excluding hydrogens is 294 g/mol. The summed E-state index contributed by atoms with van der Waals surface area (Å²) in [6.07, 6.45) is 1.16. The predicted octanol–water partition coefficient (Wildman–Crippen LogP) is 4.26. The minimum Gasteiger partial charge on any atom is -0.453 e. The predicted molar refractivity (Wildman–Crippen MR) is 87.7 cm³/mol. The number of amides is 1. The summed E-state index contributed by atoms with van der Waals surface area (Å²) in [6, 6.07) is 17.3. The van der Waals surface area contributed by atoms with E-state index in [1.54, 1.807) is 30.5 Å². The smallest absolute Gasteiger partial charge is 0.411 e. The van der Waals surface area contributed by atoms with Gasteiger partial charge < -0.3 is 14.5 Å². The fourth-order valence-corrected chi connectivity index (χ4v) is 2.00. The molecule has 0 saturated carbocycles. The van der Waals surface area contributed by atoms with Gasteiger partial charge in [-0.2, -0.15) is 0 Å². The number of rotatable bonds is 4. The van der Waals surface area contributed by atoms with Crippen LogP contribution in [-0.4, -0.2) is 18.2 Å². The van der Waals surface area contributed by atoms with Crippen LogP contribution in [0.15, 0.2) is 65.2 Å². The first-order chi connectivity index (χ1) is 11.2. The van der Waals surface area contributed by atoms with Gasteiger partial charge in [0.25, 0.3) is 6.01 Å². The Morgan fingerprint density at radius 1 is 1.04 bits per heavy atom. The third kappa shape index (κ3) is 3.68. The number of hydrogen-bond acceptors (Lipinski definition) is 5. The minimum atomic E-state index is -0.508. The van der Waals surface area contributed by atoms with Crippen molar-refractivity contribution in [3.05, 3.63) is 60.8 Å². The van der Waals surface area contributed by atoms with Crippen LogP contribution in [0.1, 0.15) is 0 Å². The van der Waals surface area contributed by atoms with E-state index in [9.17, 15) is 4.79 Å². The molecule has 2 N–H and O–H groups in total. The van der Waals surface area contributed by atoms with Crippen LogP contribution in [-0.2, 0) is 4.74 Å². The van der Waals surface area contributed by atoms with E-state index in [2.05, 4.69) is 20.4 Å². The van der Waals surface area contributed by atoms with E-state index in [1.807, 2.05) is 30.3 Å². The Hall–Kier alpha value is -3.28. The van der Waals surface area contributed by atoms with Gasteiger partial charge in [0, 0.05) is 16.9 Å². The Morgan fingerprint density at radius 3 is 2.43 bits per heavy atom. The molecule has 23 heavy (non-hydrogen) atoms. The van der Waals surface area contributed by atoms with E-state index < -0.39 is 6.09 Å². The van der Waals surface area contributed by atoms with Crippen LogP contribution in [0.3, 0.4) is 0 Å². The van der Waals surface area contributed by atoms with Gasteiger partial charge in [-0.3, -0.25) is 5.32 Å². The molecule has 0 spiro atoms. The Labute approximate surface area is 133 Å². The van der Waals surface area contributed by atoms with Crippen molar-refractivity contribution in [1.29, 1.82) is 0 Å². The largest absolute Gasteiger partial charge is 0.453 e. The summed E-state index contributed by atoms with van der Waals surface area (Å²) in [5.41, 5.74) is 2.40. The van der Waals surface area contributed by atoms with Crippen LogP contribution in [0.4, 0.5) is 22.2 Å². The topological polar surface area (TPSA) is 76.4 Å². The van der Waals surface area contributed by atoms with Crippen LogP contribution in [0.25, 0.3) is 11.3 Å². The zero-order valence-corrected chi connectivity index (χ0v) is 12.4. The number of oxazole rings is 1. The Bertz CT molecular complexity index is 782. The van der Waals surface area contributed by atoms with Gasteiger partial charge in [0.15, 0.2) is 5.76 Å². The van der Waals surface area contributed by atoms with Gasteiger partial charge in [-0.1, -0.05) is 30.3 Å². The van der Waals surface area contributed by atoms with Crippen molar-refractivity contribution in [2.75, 3.05) is 17.7 Å². The van der Waals surface area contributed by atoms with Crippen molar-refractivity contribution in [2.45, 2.75) is 0 Å². The van der Waals surface area contributed by atoms with Gasteiger partial charge in [0.2, 0.25) is 0 Å². The SMILES string of the molecule is COC(=O)Nc1ccc(Nc2ncc(-c3ccccc3)o2)cc1. The molecule has 1 heterocycles. The van der Waals surface area contributed by atoms with Crippen molar-refractivity contribution >= 4 is 23.5 Å². The van der Waals surface area contributed by atoms with Gasteiger partial charge in [0.05, 0.1) is 13.3 Å². The van der Waals surface area contributed by atoms with E-state index in [0.717, 1.165) is 11.3 Å². The average Bonchev–Trinajstić information content (AvgIpc) is 3.06. The van der Waals surface area contributed by atoms with E-state index in [0.29, 0.717) is 17.5 Å². The molecule has 2 aromatic carbocycles. The quantitative estimate of drug-likeness (QED) is 0.753. The van der Waals surface area contributed by atoms with Crippen LogP contribution < -0.4 is 10.6 Å². The highest BCUT2D eigenvalue weighted by atomic mass is 16.5. The lowest BCUT2D eigenvalue weighted by Crippen LogP contribution is -2.10. The lowest BCUT2D eigenvalue weighted by Gasteiger charge is -2.05. The normalized spacial score (nSPS) is 10.1. The molecule has 0 aliphatic rings. The van der Waals surface area contributed by atoms with Crippen molar-refractivity contribution < 1.29 is 13.9 Å². The van der Waals surface area contributed by atoms with Crippen LogP contribution in [0, 0.1) is 0 Å². The Balaban J connectivity index is 1.68. The summed E-state index contributed by atoms with van der Waals surface area (Å²) in [5, 5.41) is 5.65. The number of methoxy groups -OCH3 is 1. The number of nitrogens with one attached hydrogen (secondary N) is 2. The molecule has 0 unspecified atom stereocenters. The summed E-state index contributed by atoms with van der Waals surface area (Å²) < 4.78 is 10.2. The maximum absolute atomic E-state index is 11.1. The Morgan fingerprint density at radius 2 is 1.74 bits per heavy atom. The molecule has 0 fully saturated rings. The molecule has 0 bridgehead atoms. The number of anilines is 3. The number of carbonyl (C=O) groups excluding carboxylic acids is 1. The third-order valence-corrected chi connectivity index (χ3v) is 3.13. The zero-order chi connectivity index (χ0) is 16.1. The van der Waals surface area contributed by atoms with E-state index in [-0.39, 0.29) is 0 Å². The second-order valence-electron chi connectivity index (χ2n) is 4.71. The fraction of sp³-hybridized carbons (Fsp3) is 0.0588. The summed E-state index contributed by atoms with van der Waals surface area (Å²) in [6.45, 7) is 0. The average molecular weight is 309 g/mol. The first-order valence-electron chi connectivity index (χ1n) is 6.98. The van der Waals surface area contributed by atoms with E-state index >= 15 is 0 Å². The van der Waals surface area contributed by atoms with Crippen molar-refractivity contribution in [3.63, 3.8) is 0 Å². The summed E-state index contributed by atoms with van der Waals surface area (Å²) in [4.78, 5) is 15.3. The van der Waals surface area contributed by atoms with Crippen LogP contribution in [0.2, 0.25) is 0 Å². The molecule has 0 radical (unpaired) electrons. The first kappa shape index (κ1) is 14.6. The summed E-state index contributed by atoms with van der Waals surface area (Å²) in [7, 11) is 1.32. The molecule has 1 amide bonds. The van der Waals surface area contributed by atoms with Gasteiger partial charge in [-0.05, 0) is 24.3 Å². The number of carbonyl (C=O) groups is 1. The maximum Gasteiger partial charge on any atom is 0.411 e. The number of ether oxygens (including phenoxy) is 1. The standard InChI is InChI=1S/C17H15N3O3/c1-22-17(21)20-14-9-7-13(8-10-14)19-16-18-11-15(23-16)12-5-3-2-4-6-12/h2-11H,1H3,(H,18,19)(H,20,21). The summed E-state index contributed by atoms with van der Waals surface area (Å²) in [5.74, 6) is 0.692. The number of hydrogen-bond donors (Lipinski definition) is 2. The lowest BCUT2D eigenvalue weighted by molar-refractivity contribution is 0.187. The molecule has 0 aliphatic carbocycles. The molecule has 0 atom stereocenters. The highest BCUT2D eigenvalue weighted by Crippen LogP contribution is 2.24. The third-order valence-electron chi connectivity index (χ3n) is 3.13. The van der Waals surface area contributed by atoms with Crippen molar-refractivity contribution in [3.8, 4) is 11.3 Å². The molecule has 0 aliphatic heterocycles.